The van der Waals surface area contributed by atoms with Gasteiger partial charge in [-0.05, 0) is 0 Å². The molecule has 66 valence electrons. The molecule has 0 saturated carbocycles. The van der Waals surface area contributed by atoms with E-state index in [0.29, 0.717) is 0 Å². The van der Waals surface area contributed by atoms with Crippen LogP contribution in [0.25, 0.3) is 0 Å². The fourth-order valence-electron chi connectivity index (χ4n) is 0.650. The first-order chi connectivity index (χ1) is 3.30. The van der Waals surface area contributed by atoms with Crippen LogP contribution in [0, 0.1) is 6.08 Å². The van der Waals surface area contributed by atoms with Crippen LogP contribution in [0.4, 0.5) is 0 Å². The van der Waals surface area contributed by atoms with Crippen molar-refractivity contribution < 1.29 is 26.2 Å². The van der Waals surface area contributed by atoms with E-state index in [1.807, 2.05) is 0 Å². The van der Waals surface area contributed by atoms with Crippen molar-refractivity contribution in [1.29, 1.82) is 0 Å². The third-order valence-corrected chi connectivity index (χ3v) is 1.37. The molecule has 0 radical (unpaired) electrons. The minimum atomic E-state index is 0. The van der Waals surface area contributed by atoms with E-state index >= 15 is 0 Å². The third kappa shape index (κ3) is 7.59. The Kier molecular flexibility index (Phi) is 23.3. The second-order valence-corrected chi connectivity index (χ2v) is 1.89. The second-order valence-electron chi connectivity index (χ2n) is 1.89. The van der Waals surface area contributed by atoms with Gasteiger partial charge >= 0.3 is 0 Å². The minimum Gasteiger partial charge on any atom is -0.270 e. The van der Waals surface area contributed by atoms with E-state index in [9.17, 15) is 0 Å². The molecule has 0 bridgehead atoms. The van der Waals surface area contributed by atoms with Gasteiger partial charge in [-0.25, -0.2) is 11.1 Å². The summed E-state index contributed by atoms with van der Waals surface area (Å²) < 4.78 is 0. The molecular formula is C7H12Cl3Zr-. The Labute approximate surface area is 106 Å². The van der Waals surface area contributed by atoms with Gasteiger partial charge < -0.3 is 0 Å². The first-order valence-corrected chi connectivity index (χ1v) is 2.55. The molecule has 0 aromatic rings. The zero-order chi connectivity index (χ0) is 5.28. The van der Waals surface area contributed by atoms with E-state index in [0.717, 1.165) is 6.42 Å². The van der Waals surface area contributed by atoms with Crippen LogP contribution in [0.2, 0.25) is 0 Å². The van der Waals surface area contributed by atoms with Gasteiger partial charge in [0.25, 0.3) is 0 Å². The van der Waals surface area contributed by atoms with Crippen LogP contribution >= 0.6 is 37.2 Å². The first-order valence-electron chi connectivity index (χ1n) is 2.55. The third-order valence-electron chi connectivity index (χ3n) is 1.37. The Morgan fingerprint density at radius 2 is 1.64 bits per heavy atom. The Balaban J connectivity index is -0.0000000612. The molecule has 1 aliphatic rings. The van der Waals surface area contributed by atoms with Gasteiger partial charge in [-0.15, -0.1) is 50.6 Å². The molecule has 0 unspecified atom stereocenters. The normalized spacial score (nSPS) is 12.2. The average molecular weight is 294 g/mol. The van der Waals surface area contributed by atoms with Gasteiger partial charge in [0.2, 0.25) is 0 Å². The molecule has 4 heteroatoms. The molecule has 0 saturated heterocycles. The van der Waals surface area contributed by atoms with E-state index in [1.165, 1.54) is 11.1 Å². The molecule has 1 aliphatic carbocycles. The van der Waals surface area contributed by atoms with E-state index in [2.05, 4.69) is 26.0 Å². The van der Waals surface area contributed by atoms with Crippen molar-refractivity contribution in [1.82, 2.24) is 0 Å². The van der Waals surface area contributed by atoms with E-state index < -0.39 is 0 Å². The van der Waals surface area contributed by atoms with Gasteiger partial charge in [-0.2, -0.15) is 6.08 Å². The molecule has 0 aromatic heterocycles. The number of halogens is 3. The summed E-state index contributed by atoms with van der Waals surface area (Å²) in [5.41, 5.74) is 2.71. The second kappa shape index (κ2) is 11.2. The molecule has 0 heterocycles. The van der Waals surface area contributed by atoms with Crippen molar-refractivity contribution in [3.05, 3.63) is 23.3 Å². The monoisotopic (exact) mass is 291 g/mol. The SMILES string of the molecule is CC1=[C-]CC=C1C.Cl.Cl.Cl.[Zr]. The summed E-state index contributed by atoms with van der Waals surface area (Å²) in [6, 6.07) is 0. The van der Waals surface area contributed by atoms with Crippen LogP contribution in [0.5, 0.6) is 0 Å². The summed E-state index contributed by atoms with van der Waals surface area (Å²) >= 11 is 0. The van der Waals surface area contributed by atoms with Crippen LogP contribution in [0.1, 0.15) is 20.3 Å². The van der Waals surface area contributed by atoms with Crippen molar-refractivity contribution in [2.75, 3.05) is 0 Å². The molecule has 0 atom stereocenters. The summed E-state index contributed by atoms with van der Waals surface area (Å²) in [5, 5.41) is 0. The predicted molar refractivity (Wildman–Crippen MR) is 52.5 cm³/mol. The summed E-state index contributed by atoms with van der Waals surface area (Å²) in [4.78, 5) is 0. The Morgan fingerprint density at radius 3 is 1.73 bits per heavy atom. The van der Waals surface area contributed by atoms with Crippen molar-refractivity contribution in [3.8, 4) is 0 Å². The number of hydrogen-bond donors (Lipinski definition) is 0. The van der Waals surface area contributed by atoms with Crippen LogP contribution < -0.4 is 0 Å². The molecule has 0 N–H and O–H groups in total. The zero-order valence-corrected chi connectivity index (χ0v) is 11.4. The molecule has 0 amide bonds. The predicted octanol–water partition coefficient (Wildman–Crippen LogP) is 3.35. The van der Waals surface area contributed by atoms with Crippen LogP contribution in [-0.2, 0) is 26.2 Å². The molecule has 0 aromatic carbocycles. The van der Waals surface area contributed by atoms with E-state index in [4.69, 9.17) is 0 Å². The number of rotatable bonds is 0. The van der Waals surface area contributed by atoms with Gasteiger partial charge in [0, 0.05) is 26.2 Å². The standard InChI is InChI=1S/C7H9.3ClH.Zr/c1-6-4-3-5-7(6)2;;;;/h4H,3H2,1-2H3;3*1H;/q-1;;;;. The van der Waals surface area contributed by atoms with Crippen molar-refractivity contribution in [2.45, 2.75) is 20.3 Å². The fraction of sp³-hybridized carbons (Fsp3) is 0.429. The fourth-order valence-corrected chi connectivity index (χ4v) is 0.650. The Morgan fingerprint density at radius 1 is 1.18 bits per heavy atom. The van der Waals surface area contributed by atoms with Gasteiger partial charge in [-0.3, -0.25) is 6.08 Å². The van der Waals surface area contributed by atoms with E-state index in [1.54, 1.807) is 0 Å². The average Bonchev–Trinajstić information content (AvgIpc) is 1.91. The number of allylic oxidation sites excluding steroid dienone is 4. The quantitative estimate of drug-likeness (QED) is 0.601. The minimum absolute atomic E-state index is 0. The van der Waals surface area contributed by atoms with Crippen LogP contribution in [-0.4, -0.2) is 0 Å². The van der Waals surface area contributed by atoms with Crippen LogP contribution in [0.3, 0.4) is 0 Å². The van der Waals surface area contributed by atoms with Gasteiger partial charge in [-0.1, -0.05) is 6.92 Å². The molecule has 0 spiro atoms. The zero-order valence-electron chi connectivity index (χ0n) is 6.51. The molecular weight excluding hydrogens is 282 g/mol. The van der Waals surface area contributed by atoms with Crippen molar-refractivity contribution >= 4 is 37.2 Å². The summed E-state index contributed by atoms with van der Waals surface area (Å²) in [6.07, 6.45) is 6.41. The molecule has 1 rings (SSSR count). The maximum Gasteiger partial charge on any atom is 0 e. The molecule has 0 aliphatic heterocycles. The summed E-state index contributed by atoms with van der Waals surface area (Å²) in [7, 11) is 0. The number of hydrogen-bond acceptors (Lipinski definition) is 0. The maximum absolute atomic E-state index is 3.19. The topological polar surface area (TPSA) is 0 Å². The molecule has 0 nitrogen and oxygen atoms in total. The molecule has 0 fully saturated rings. The Bertz CT molecular complexity index is 125. The summed E-state index contributed by atoms with van der Waals surface area (Å²) in [6.45, 7) is 4.22. The summed E-state index contributed by atoms with van der Waals surface area (Å²) in [5.74, 6) is 0. The van der Waals surface area contributed by atoms with E-state index in [-0.39, 0.29) is 63.4 Å². The Hall–Kier alpha value is 1.23. The first kappa shape index (κ1) is 22.8. The molecule has 11 heavy (non-hydrogen) atoms. The van der Waals surface area contributed by atoms with Crippen molar-refractivity contribution in [2.24, 2.45) is 0 Å². The smallest absolute Gasteiger partial charge is 0 e. The van der Waals surface area contributed by atoms with Gasteiger partial charge in [0.05, 0.1) is 0 Å². The van der Waals surface area contributed by atoms with Gasteiger partial charge in [0.1, 0.15) is 0 Å². The van der Waals surface area contributed by atoms with Gasteiger partial charge in [0.15, 0.2) is 0 Å². The maximum atomic E-state index is 3.19. The van der Waals surface area contributed by atoms with Crippen LogP contribution in [0.15, 0.2) is 17.2 Å². The van der Waals surface area contributed by atoms with Crippen molar-refractivity contribution in [3.63, 3.8) is 0 Å². The largest absolute Gasteiger partial charge is 0.270 e.